The van der Waals surface area contributed by atoms with E-state index in [0.29, 0.717) is 12.6 Å². The smallest absolute Gasteiger partial charge is 0.234 e. The number of aryl methyl sites for hydroxylation is 2. The van der Waals surface area contributed by atoms with E-state index >= 15 is 0 Å². The number of carbonyl (C=O) groups excluding carboxylic acids is 1. The minimum atomic E-state index is 0.164. The molecule has 1 aliphatic carbocycles. The van der Waals surface area contributed by atoms with Crippen LogP contribution < -0.4 is 10.2 Å². The minimum absolute atomic E-state index is 0.164. The van der Waals surface area contributed by atoms with Crippen molar-refractivity contribution < 1.29 is 4.79 Å². The molecule has 3 rings (SSSR count). The molecule has 2 fully saturated rings. The van der Waals surface area contributed by atoms with Gasteiger partial charge in [0.15, 0.2) is 5.82 Å². The average Bonchev–Trinajstić information content (AvgIpc) is 3.26. The predicted octanol–water partition coefficient (Wildman–Crippen LogP) is 0.494. The second-order valence-electron chi connectivity index (χ2n) is 6.08. The SMILES string of the molecule is Cc1cc(N2CCN(CC(=O)NC3CC3)CC2)nnc1C. The molecular formula is C15H23N5O. The second-order valence-corrected chi connectivity index (χ2v) is 6.08. The number of piperazine rings is 1. The van der Waals surface area contributed by atoms with E-state index in [4.69, 9.17) is 0 Å². The third kappa shape index (κ3) is 3.69. The van der Waals surface area contributed by atoms with Crippen LogP contribution in [0.15, 0.2) is 6.07 Å². The first-order chi connectivity index (χ1) is 10.1. The van der Waals surface area contributed by atoms with Crippen LogP contribution in [0.2, 0.25) is 0 Å². The van der Waals surface area contributed by atoms with E-state index in [-0.39, 0.29) is 5.91 Å². The van der Waals surface area contributed by atoms with Crippen LogP contribution >= 0.6 is 0 Å². The molecule has 1 aliphatic heterocycles. The third-order valence-electron chi connectivity index (χ3n) is 4.22. The molecule has 6 nitrogen and oxygen atoms in total. The van der Waals surface area contributed by atoms with E-state index in [9.17, 15) is 4.79 Å². The van der Waals surface area contributed by atoms with Crippen molar-refractivity contribution in [3.05, 3.63) is 17.3 Å². The zero-order chi connectivity index (χ0) is 14.8. The molecule has 1 saturated heterocycles. The molecule has 0 bridgehead atoms. The van der Waals surface area contributed by atoms with E-state index in [0.717, 1.165) is 50.5 Å². The summed E-state index contributed by atoms with van der Waals surface area (Å²) in [6, 6.07) is 2.54. The summed E-state index contributed by atoms with van der Waals surface area (Å²) < 4.78 is 0. The van der Waals surface area contributed by atoms with Crippen LogP contribution in [0.1, 0.15) is 24.1 Å². The summed E-state index contributed by atoms with van der Waals surface area (Å²) in [4.78, 5) is 16.3. The Hall–Kier alpha value is -1.69. The summed E-state index contributed by atoms with van der Waals surface area (Å²) >= 11 is 0. The topological polar surface area (TPSA) is 61.4 Å². The van der Waals surface area contributed by atoms with Crippen molar-refractivity contribution in [2.45, 2.75) is 32.7 Å². The van der Waals surface area contributed by atoms with Crippen LogP contribution in [0.5, 0.6) is 0 Å². The molecule has 0 radical (unpaired) electrons. The highest BCUT2D eigenvalue weighted by molar-refractivity contribution is 5.78. The van der Waals surface area contributed by atoms with Crippen LogP contribution in [0.25, 0.3) is 0 Å². The fraction of sp³-hybridized carbons (Fsp3) is 0.667. The highest BCUT2D eigenvalue weighted by atomic mass is 16.2. The Morgan fingerprint density at radius 1 is 1.24 bits per heavy atom. The van der Waals surface area contributed by atoms with Crippen molar-refractivity contribution in [1.29, 1.82) is 0 Å². The largest absolute Gasteiger partial charge is 0.353 e. The number of hydrogen-bond donors (Lipinski definition) is 1. The van der Waals surface area contributed by atoms with Crippen LogP contribution in [0, 0.1) is 13.8 Å². The molecule has 1 N–H and O–H groups in total. The molecular weight excluding hydrogens is 266 g/mol. The maximum Gasteiger partial charge on any atom is 0.234 e. The van der Waals surface area contributed by atoms with Gasteiger partial charge in [-0.2, -0.15) is 5.10 Å². The van der Waals surface area contributed by atoms with Gasteiger partial charge < -0.3 is 10.2 Å². The monoisotopic (exact) mass is 289 g/mol. The van der Waals surface area contributed by atoms with Gasteiger partial charge in [-0.1, -0.05) is 0 Å². The molecule has 114 valence electrons. The second kappa shape index (κ2) is 5.97. The fourth-order valence-electron chi connectivity index (χ4n) is 2.53. The lowest BCUT2D eigenvalue weighted by Crippen LogP contribution is -2.50. The Labute approximate surface area is 125 Å². The molecule has 6 heteroatoms. The van der Waals surface area contributed by atoms with Crippen molar-refractivity contribution in [1.82, 2.24) is 20.4 Å². The maximum atomic E-state index is 11.8. The normalized spacial score (nSPS) is 19.6. The Kier molecular flexibility index (Phi) is 4.05. The van der Waals surface area contributed by atoms with E-state index in [1.54, 1.807) is 0 Å². The van der Waals surface area contributed by atoms with E-state index in [2.05, 4.69) is 38.3 Å². The Morgan fingerprint density at radius 2 is 1.95 bits per heavy atom. The summed E-state index contributed by atoms with van der Waals surface area (Å²) in [7, 11) is 0. The first-order valence-corrected chi connectivity index (χ1v) is 7.69. The summed E-state index contributed by atoms with van der Waals surface area (Å²) in [6.07, 6.45) is 2.29. The Bertz CT molecular complexity index is 521. The van der Waals surface area contributed by atoms with Gasteiger partial charge in [0.1, 0.15) is 0 Å². The highest BCUT2D eigenvalue weighted by Crippen LogP contribution is 2.19. The number of aromatic nitrogens is 2. The fourth-order valence-corrected chi connectivity index (χ4v) is 2.53. The van der Waals surface area contributed by atoms with Gasteiger partial charge in [-0.3, -0.25) is 9.69 Å². The van der Waals surface area contributed by atoms with Crippen molar-refractivity contribution in [3.63, 3.8) is 0 Å². The summed E-state index contributed by atoms with van der Waals surface area (Å²) in [5, 5.41) is 11.5. The number of rotatable bonds is 4. The molecule has 0 atom stereocenters. The quantitative estimate of drug-likeness (QED) is 0.874. The lowest BCUT2D eigenvalue weighted by atomic mass is 10.2. The van der Waals surface area contributed by atoms with Crippen LogP contribution in [0.3, 0.4) is 0 Å². The van der Waals surface area contributed by atoms with Crippen molar-refractivity contribution in [2.24, 2.45) is 0 Å². The van der Waals surface area contributed by atoms with Crippen molar-refractivity contribution in [2.75, 3.05) is 37.6 Å². The van der Waals surface area contributed by atoms with Crippen LogP contribution in [-0.2, 0) is 4.79 Å². The lowest BCUT2D eigenvalue weighted by molar-refractivity contribution is -0.122. The number of anilines is 1. The highest BCUT2D eigenvalue weighted by Gasteiger charge is 2.25. The van der Waals surface area contributed by atoms with Gasteiger partial charge in [-0.05, 0) is 38.3 Å². The first kappa shape index (κ1) is 14.3. The molecule has 21 heavy (non-hydrogen) atoms. The number of carbonyl (C=O) groups is 1. The van der Waals surface area contributed by atoms with Gasteiger partial charge in [0.2, 0.25) is 5.91 Å². The summed E-state index contributed by atoms with van der Waals surface area (Å²) in [5.41, 5.74) is 2.15. The molecule has 1 aromatic rings. The molecule has 1 aromatic heterocycles. The zero-order valence-corrected chi connectivity index (χ0v) is 12.8. The standard InChI is InChI=1S/C15H23N5O/c1-11-9-14(18-17-12(11)2)20-7-5-19(6-8-20)10-15(21)16-13-3-4-13/h9,13H,3-8,10H2,1-2H3,(H,16,21). The van der Waals surface area contributed by atoms with Gasteiger partial charge in [0, 0.05) is 32.2 Å². The van der Waals surface area contributed by atoms with Crippen molar-refractivity contribution in [3.8, 4) is 0 Å². The Morgan fingerprint density at radius 3 is 2.57 bits per heavy atom. The Balaban J connectivity index is 1.49. The molecule has 2 heterocycles. The maximum absolute atomic E-state index is 11.8. The molecule has 1 amide bonds. The first-order valence-electron chi connectivity index (χ1n) is 7.69. The zero-order valence-electron chi connectivity index (χ0n) is 12.8. The molecule has 2 aliphatic rings. The predicted molar refractivity (Wildman–Crippen MR) is 81.3 cm³/mol. The summed E-state index contributed by atoms with van der Waals surface area (Å²) in [5.74, 6) is 1.11. The molecule has 0 unspecified atom stereocenters. The van der Waals surface area contributed by atoms with E-state index < -0.39 is 0 Å². The van der Waals surface area contributed by atoms with Crippen LogP contribution in [0.4, 0.5) is 5.82 Å². The van der Waals surface area contributed by atoms with Gasteiger partial charge in [-0.15, -0.1) is 5.10 Å². The average molecular weight is 289 g/mol. The van der Waals surface area contributed by atoms with E-state index in [1.165, 1.54) is 5.56 Å². The molecule has 1 saturated carbocycles. The summed E-state index contributed by atoms with van der Waals surface area (Å²) in [6.45, 7) is 8.14. The van der Waals surface area contributed by atoms with Gasteiger partial charge in [0.25, 0.3) is 0 Å². The minimum Gasteiger partial charge on any atom is -0.353 e. The van der Waals surface area contributed by atoms with Crippen molar-refractivity contribution >= 4 is 11.7 Å². The lowest BCUT2D eigenvalue weighted by Gasteiger charge is -2.34. The molecule has 0 aromatic carbocycles. The van der Waals surface area contributed by atoms with Crippen LogP contribution in [-0.4, -0.2) is 59.8 Å². The van der Waals surface area contributed by atoms with Gasteiger partial charge in [-0.25, -0.2) is 0 Å². The van der Waals surface area contributed by atoms with Gasteiger partial charge in [0.05, 0.1) is 12.2 Å². The number of hydrogen-bond acceptors (Lipinski definition) is 5. The third-order valence-corrected chi connectivity index (χ3v) is 4.22. The number of nitrogens with one attached hydrogen (secondary N) is 1. The number of nitrogens with zero attached hydrogens (tertiary/aromatic N) is 4. The van der Waals surface area contributed by atoms with E-state index in [1.807, 2.05) is 6.92 Å². The van der Waals surface area contributed by atoms with Gasteiger partial charge >= 0.3 is 0 Å². The molecule has 0 spiro atoms. The number of amides is 1.